The van der Waals surface area contributed by atoms with Crippen molar-refractivity contribution in [2.75, 3.05) is 26.9 Å². The van der Waals surface area contributed by atoms with Gasteiger partial charge in [0.15, 0.2) is 0 Å². The Kier molecular flexibility index (Phi) is 7.03. The van der Waals surface area contributed by atoms with Gasteiger partial charge in [0.25, 0.3) is 0 Å². The van der Waals surface area contributed by atoms with Crippen LogP contribution in [-0.4, -0.2) is 60.8 Å². The molecule has 2 fully saturated rings. The quantitative estimate of drug-likeness (QED) is 0.714. The van der Waals surface area contributed by atoms with Crippen LogP contribution in [0.4, 0.5) is 13.2 Å². The topological polar surface area (TPSA) is 63.7 Å². The molecule has 0 bridgehead atoms. The number of pyridine rings is 1. The van der Waals surface area contributed by atoms with Crippen LogP contribution >= 0.6 is 0 Å². The van der Waals surface area contributed by atoms with Gasteiger partial charge in [-0.15, -0.1) is 0 Å². The zero-order chi connectivity index (χ0) is 23.8. The fourth-order valence-electron chi connectivity index (χ4n) is 5.69. The van der Waals surface area contributed by atoms with Gasteiger partial charge in [-0.25, -0.2) is 0 Å². The Morgan fingerprint density at radius 3 is 2.85 bits per heavy atom. The average molecular weight is 470 g/mol. The minimum absolute atomic E-state index is 0.00238. The van der Waals surface area contributed by atoms with Crippen molar-refractivity contribution in [3.8, 4) is 0 Å². The van der Waals surface area contributed by atoms with E-state index in [1.807, 2.05) is 0 Å². The van der Waals surface area contributed by atoms with Crippen LogP contribution in [0.25, 0.3) is 0 Å². The van der Waals surface area contributed by atoms with Gasteiger partial charge in [-0.05, 0) is 43.2 Å². The molecule has 9 heteroatoms. The lowest BCUT2D eigenvalue weighted by Gasteiger charge is -2.40. The number of rotatable bonds is 5. The monoisotopic (exact) mass is 469 g/mol. The summed E-state index contributed by atoms with van der Waals surface area (Å²) in [5, 5.41) is 3.72. The molecule has 1 aromatic rings. The van der Waals surface area contributed by atoms with Gasteiger partial charge < -0.3 is 19.7 Å². The molecule has 4 atom stereocenters. The second kappa shape index (κ2) is 9.50. The van der Waals surface area contributed by atoms with Crippen LogP contribution < -0.4 is 5.32 Å². The van der Waals surface area contributed by atoms with Gasteiger partial charge in [0.2, 0.25) is 5.91 Å². The van der Waals surface area contributed by atoms with Gasteiger partial charge in [0, 0.05) is 57.2 Å². The Morgan fingerprint density at radius 1 is 1.36 bits per heavy atom. The summed E-state index contributed by atoms with van der Waals surface area (Å²) in [6.45, 7) is 6.09. The van der Waals surface area contributed by atoms with Crippen LogP contribution in [0.1, 0.15) is 56.4 Å². The van der Waals surface area contributed by atoms with Crippen molar-refractivity contribution in [2.24, 2.45) is 11.3 Å². The van der Waals surface area contributed by atoms with Gasteiger partial charge in [-0.3, -0.25) is 9.78 Å². The van der Waals surface area contributed by atoms with E-state index in [1.54, 1.807) is 12.0 Å². The number of hydrogen-bond acceptors (Lipinski definition) is 5. The van der Waals surface area contributed by atoms with E-state index in [1.165, 1.54) is 0 Å². The zero-order valence-electron chi connectivity index (χ0n) is 19.6. The molecule has 1 amide bonds. The predicted molar refractivity (Wildman–Crippen MR) is 116 cm³/mol. The van der Waals surface area contributed by atoms with Crippen molar-refractivity contribution < 1.29 is 27.4 Å². The molecule has 0 unspecified atom stereocenters. The lowest BCUT2D eigenvalue weighted by Crippen LogP contribution is -2.52. The first-order valence-electron chi connectivity index (χ1n) is 11.8. The number of nitrogens with zero attached hydrogens (tertiary/aromatic N) is 2. The molecule has 0 radical (unpaired) electrons. The maximum Gasteiger partial charge on any atom is 0.417 e. The van der Waals surface area contributed by atoms with Gasteiger partial charge in [0.1, 0.15) is 0 Å². The van der Waals surface area contributed by atoms with Crippen LogP contribution in [0.15, 0.2) is 12.3 Å². The molecule has 6 nitrogen and oxygen atoms in total. The number of amides is 1. The first kappa shape index (κ1) is 24.4. The molecule has 3 heterocycles. The summed E-state index contributed by atoms with van der Waals surface area (Å²) in [7, 11) is 1.69. The van der Waals surface area contributed by atoms with Gasteiger partial charge >= 0.3 is 6.18 Å². The van der Waals surface area contributed by atoms with E-state index < -0.39 is 17.2 Å². The molecule has 1 N–H and O–H groups in total. The number of halogens is 3. The van der Waals surface area contributed by atoms with Crippen molar-refractivity contribution in [1.29, 1.82) is 0 Å². The van der Waals surface area contributed by atoms with Crippen molar-refractivity contribution in [3.63, 3.8) is 0 Å². The van der Waals surface area contributed by atoms with Gasteiger partial charge in [0.05, 0.1) is 23.7 Å². The summed E-state index contributed by atoms with van der Waals surface area (Å²) in [4.78, 5) is 19.6. The fraction of sp³-hybridized carbons (Fsp3) is 0.750. The number of aromatic nitrogens is 1. The lowest BCUT2D eigenvalue weighted by molar-refractivity contribution is -0.146. The smallest absolute Gasteiger partial charge is 0.379 e. The van der Waals surface area contributed by atoms with E-state index in [4.69, 9.17) is 9.47 Å². The third-order valence-corrected chi connectivity index (χ3v) is 7.79. The van der Waals surface area contributed by atoms with E-state index >= 15 is 0 Å². The number of hydrogen-bond donors (Lipinski definition) is 1. The SMILES string of the molecule is CO[C@@H]1COCC[C@H]1N[C@@H]1CC[C@@](C(=O)N2CCc3ncc(C(F)(F)F)cc3C2)(C(C)C)C1. The van der Waals surface area contributed by atoms with Crippen LogP contribution in [0.5, 0.6) is 0 Å². The van der Waals surface area contributed by atoms with Crippen LogP contribution in [0, 0.1) is 11.3 Å². The molecule has 4 rings (SSSR count). The van der Waals surface area contributed by atoms with Gasteiger partial charge in [-0.2, -0.15) is 13.2 Å². The molecule has 3 aliphatic rings. The molecule has 184 valence electrons. The van der Waals surface area contributed by atoms with E-state index in [2.05, 4.69) is 24.1 Å². The third kappa shape index (κ3) is 4.91. The zero-order valence-corrected chi connectivity index (χ0v) is 19.6. The fourth-order valence-corrected chi connectivity index (χ4v) is 5.69. The van der Waals surface area contributed by atoms with E-state index in [0.29, 0.717) is 37.4 Å². The highest BCUT2D eigenvalue weighted by Gasteiger charge is 2.50. The molecular formula is C24H34F3N3O3. The van der Waals surface area contributed by atoms with Crippen molar-refractivity contribution in [3.05, 3.63) is 29.1 Å². The molecule has 33 heavy (non-hydrogen) atoms. The van der Waals surface area contributed by atoms with E-state index in [-0.39, 0.29) is 36.6 Å². The minimum atomic E-state index is -4.44. The minimum Gasteiger partial charge on any atom is -0.379 e. The number of ether oxygens (including phenoxy) is 2. The third-order valence-electron chi connectivity index (χ3n) is 7.79. The van der Waals surface area contributed by atoms with Crippen molar-refractivity contribution >= 4 is 5.91 Å². The predicted octanol–water partition coefficient (Wildman–Crippen LogP) is 3.57. The number of nitrogens with one attached hydrogen (secondary N) is 1. The number of methoxy groups -OCH3 is 1. The molecule has 1 aliphatic carbocycles. The molecule has 1 saturated heterocycles. The number of fused-ring (bicyclic) bond motifs is 1. The second-order valence-corrected chi connectivity index (χ2v) is 9.97. The Morgan fingerprint density at radius 2 is 2.15 bits per heavy atom. The highest BCUT2D eigenvalue weighted by atomic mass is 19.4. The Balaban J connectivity index is 1.48. The molecule has 2 aliphatic heterocycles. The molecule has 1 saturated carbocycles. The standard InChI is InChI=1S/C24H34F3N3O3/c1-15(2)23(7-4-18(11-23)29-20-6-9-33-14-21(20)32-3)22(31)30-8-5-19-16(13-30)10-17(12-28-19)24(25,26)27/h10,12,15,18,20-21,29H,4-9,11,13-14H2,1-3H3/t18-,20-,21-,23+/m1/s1. The highest BCUT2D eigenvalue weighted by molar-refractivity contribution is 5.83. The van der Waals surface area contributed by atoms with E-state index in [0.717, 1.165) is 37.9 Å². The first-order chi connectivity index (χ1) is 15.6. The summed E-state index contributed by atoms with van der Waals surface area (Å²) in [6.07, 6.45) is 0.180. The lowest BCUT2D eigenvalue weighted by atomic mass is 9.74. The number of carbonyl (C=O) groups is 1. The summed E-state index contributed by atoms with van der Waals surface area (Å²) in [5.74, 6) is 0.186. The highest BCUT2D eigenvalue weighted by Crippen LogP contribution is 2.47. The number of carbonyl (C=O) groups excluding carboxylic acids is 1. The van der Waals surface area contributed by atoms with Crippen molar-refractivity contribution in [1.82, 2.24) is 15.2 Å². The normalized spacial score (nSPS) is 30.5. The van der Waals surface area contributed by atoms with Crippen LogP contribution in [-0.2, 0) is 33.4 Å². The largest absolute Gasteiger partial charge is 0.417 e. The summed E-state index contributed by atoms with van der Waals surface area (Å²) in [6, 6.07) is 1.55. The van der Waals surface area contributed by atoms with Crippen LogP contribution in [0.2, 0.25) is 0 Å². The van der Waals surface area contributed by atoms with Crippen molar-refractivity contribution in [2.45, 2.75) is 76.9 Å². The summed E-state index contributed by atoms with van der Waals surface area (Å²) < 4.78 is 50.6. The van der Waals surface area contributed by atoms with E-state index in [9.17, 15) is 18.0 Å². The first-order valence-corrected chi connectivity index (χ1v) is 11.8. The molecular weight excluding hydrogens is 435 g/mol. The number of alkyl halides is 3. The Hall–Kier alpha value is -1.71. The molecule has 0 spiro atoms. The maximum absolute atomic E-state index is 13.8. The van der Waals surface area contributed by atoms with Gasteiger partial charge in [-0.1, -0.05) is 13.8 Å². The second-order valence-electron chi connectivity index (χ2n) is 9.97. The average Bonchev–Trinajstić information content (AvgIpc) is 3.23. The summed E-state index contributed by atoms with van der Waals surface area (Å²) >= 11 is 0. The van der Waals surface area contributed by atoms with Crippen LogP contribution in [0.3, 0.4) is 0 Å². The summed E-state index contributed by atoms with van der Waals surface area (Å²) in [5.41, 5.74) is -0.121. The molecule has 0 aromatic carbocycles. The Bertz CT molecular complexity index is 863. The molecule has 1 aromatic heterocycles. The maximum atomic E-state index is 13.8. The Labute approximate surface area is 193 Å².